The molecule has 0 N–H and O–H groups in total. The van der Waals surface area contributed by atoms with E-state index in [1.807, 2.05) is 11.3 Å². The van der Waals surface area contributed by atoms with Gasteiger partial charge in [-0.05, 0) is 126 Å². The lowest BCUT2D eigenvalue weighted by Gasteiger charge is -2.06. The van der Waals surface area contributed by atoms with E-state index in [0.29, 0.717) is 0 Å². The summed E-state index contributed by atoms with van der Waals surface area (Å²) < 4.78 is 1.14. The fourth-order valence-corrected chi connectivity index (χ4v) is 8.86. The van der Waals surface area contributed by atoms with E-state index < -0.39 is 0 Å². The van der Waals surface area contributed by atoms with Crippen molar-refractivity contribution in [2.75, 3.05) is 0 Å². The van der Waals surface area contributed by atoms with Gasteiger partial charge in [0, 0.05) is 18.1 Å². The van der Waals surface area contributed by atoms with E-state index in [1.165, 1.54) is 82.1 Å². The smallest absolute Gasteiger partial charge is 0.191 e. The van der Waals surface area contributed by atoms with Gasteiger partial charge in [-0.15, -0.1) is 22.7 Å². The molecule has 0 aliphatic heterocycles. The molecule has 240 valence electrons. The number of benzene rings is 2. The minimum Gasteiger partial charge on any atom is -0.287 e. The minimum absolute atomic E-state index is 0.145. The maximum Gasteiger partial charge on any atom is 0.191 e. The number of thiophene rings is 2. The van der Waals surface area contributed by atoms with Crippen molar-refractivity contribution < 1.29 is 4.79 Å². The molecule has 4 aromatic rings. The van der Waals surface area contributed by atoms with Crippen LogP contribution in [0.3, 0.4) is 0 Å². The molecule has 0 spiro atoms. The Morgan fingerprint density at radius 1 is 0.609 bits per heavy atom. The van der Waals surface area contributed by atoms with Crippen LogP contribution in [0.1, 0.15) is 129 Å². The van der Waals surface area contributed by atoms with Crippen molar-refractivity contribution in [1.29, 1.82) is 0 Å². The average molecular weight is 665 g/mol. The summed E-state index contributed by atoms with van der Waals surface area (Å²) in [5, 5.41) is 2.48. The lowest BCUT2D eigenvalue weighted by atomic mass is 10.00. The number of unbranched alkanes of at least 4 members (excludes halogenated alkanes) is 4. The molecule has 0 unspecified atom stereocenters. The monoisotopic (exact) mass is 664 g/mol. The van der Waals surface area contributed by atoms with Gasteiger partial charge in [0.1, 0.15) is 0 Å². The normalized spacial score (nSPS) is 10.7. The number of thioether (sulfide) groups is 1. The highest BCUT2D eigenvalue weighted by Crippen LogP contribution is 2.38. The second kappa shape index (κ2) is 19.0. The molecular formula is C42H48OS3. The van der Waals surface area contributed by atoms with Crippen molar-refractivity contribution in [1.82, 2.24) is 0 Å². The molecule has 2 aromatic heterocycles. The number of carbonyl (C=O) groups is 1. The van der Waals surface area contributed by atoms with Crippen molar-refractivity contribution in [2.45, 2.75) is 116 Å². The van der Waals surface area contributed by atoms with Crippen LogP contribution in [-0.2, 0) is 30.5 Å². The largest absolute Gasteiger partial charge is 0.287 e. The fraction of sp³-hybridized carbons (Fsp3) is 0.405. The molecule has 2 heterocycles. The summed E-state index contributed by atoms with van der Waals surface area (Å²) in [6, 6.07) is 17.1. The van der Waals surface area contributed by atoms with Crippen molar-refractivity contribution in [3.05, 3.63) is 97.0 Å². The first-order valence-corrected chi connectivity index (χ1v) is 19.6. The molecule has 0 aliphatic carbocycles. The third-order valence-electron chi connectivity index (χ3n) is 8.18. The van der Waals surface area contributed by atoms with Gasteiger partial charge < -0.3 is 0 Å². The maximum absolute atomic E-state index is 12.0. The van der Waals surface area contributed by atoms with Crippen LogP contribution in [0.5, 0.6) is 0 Å². The molecule has 0 aliphatic rings. The van der Waals surface area contributed by atoms with Gasteiger partial charge in [0.15, 0.2) is 5.12 Å². The van der Waals surface area contributed by atoms with Gasteiger partial charge in [0.25, 0.3) is 0 Å². The highest BCUT2D eigenvalue weighted by molar-refractivity contribution is 8.15. The van der Waals surface area contributed by atoms with Crippen LogP contribution >= 0.6 is 34.4 Å². The number of hydrogen-bond donors (Lipinski definition) is 0. The van der Waals surface area contributed by atoms with Crippen molar-refractivity contribution in [3.63, 3.8) is 0 Å². The predicted octanol–water partition coefficient (Wildman–Crippen LogP) is 12.3. The van der Waals surface area contributed by atoms with Crippen LogP contribution in [0, 0.1) is 23.7 Å². The minimum atomic E-state index is 0.145. The third kappa shape index (κ3) is 10.2. The lowest BCUT2D eigenvalue weighted by Crippen LogP contribution is -1.95. The Morgan fingerprint density at radius 2 is 1.09 bits per heavy atom. The molecule has 0 amide bonds. The van der Waals surface area contributed by atoms with E-state index in [2.05, 4.69) is 105 Å². The SMILES string of the molecule is CCCCc1csc(C#Cc2ccc(-c3ccc(C#Cc4sc(SC(C)=O)c(CCCC)c4CCCC)cc3)cc2)c1CCCC. The van der Waals surface area contributed by atoms with E-state index in [0.717, 1.165) is 65.2 Å². The number of hydrogen-bond acceptors (Lipinski definition) is 4. The lowest BCUT2D eigenvalue weighted by molar-refractivity contribution is -0.109. The Labute approximate surface area is 290 Å². The molecule has 4 rings (SSSR count). The van der Waals surface area contributed by atoms with Gasteiger partial charge in [-0.3, -0.25) is 4.79 Å². The Bertz CT molecular complexity index is 1680. The summed E-state index contributed by atoms with van der Waals surface area (Å²) in [5.41, 5.74) is 10.1. The van der Waals surface area contributed by atoms with Crippen LogP contribution in [0.4, 0.5) is 0 Å². The summed E-state index contributed by atoms with van der Waals surface area (Å²) in [4.78, 5) is 14.4. The Kier molecular flexibility index (Phi) is 14.8. The Balaban J connectivity index is 1.50. The van der Waals surface area contributed by atoms with E-state index in [9.17, 15) is 4.79 Å². The van der Waals surface area contributed by atoms with E-state index >= 15 is 0 Å². The van der Waals surface area contributed by atoms with E-state index in [4.69, 9.17) is 0 Å². The molecule has 4 heteroatoms. The number of aryl methyl sites for hydroxylation is 1. The first kappa shape index (κ1) is 35.8. The van der Waals surface area contributed by atoms with Crippen LogP contribution in [0.15, 0.2) is 58.1 Å². The molecular weight excluding hydrogens is 617 g/mol. The van der Waals surface area contributed by atoms with Gasteiger partial charge in [0.05, 0.1) is 14.0 Å². The third-order valence-corrected chi connectivity index (χ3v) is 11.4. The van der Waals surface area contributed by atoms with Crippen LogP contribution < -0.4 is 0 Å². The van der Waals surface area contributed by atoms with Crippen LogP contribution in [0.2, 0.25) is 0 Å². The fourth-order valence-electron chi connectivity index (χ4n) is 5.49. The highest BCUT2D eigenvalue weighted by Gasteiger charge is 2.18. The van der Waals surface area contributed by atoms with E-state index in [1.54, 1.807) is 18.3 Å². The van der Waals surface area contributed by atoms with Crippen LogP contribution in [0.25, 0.3) is 11.1 Å². The highest BCUT2D eigenvalue weighted by atomic mass is 32.2. The molecule has 2 aromatic carbocycles. The van der Waals surface area contributed by atoms with Crippen LogP contribution in [-0.4, -0.2) is 5.12 Å². The standard InChI is InChI=1S/C42H48OS3/c1-6-10-14-36-30-44-40(37(36)15-11-7-2)28-22-32-18-24-34(25-19-32)35-26-20-33(21-27-35)23-29-41-38(16-12-8-3)39(17-13-9-4)42(46-41)45-31(5)43/h18-21,24-27,30H,6-17H2,1-5H3. The molecule has 0 saturated heterocycles. The van der Waals surface area contributed by atoms with Crippen molar-refractivity contribution >= 4 is 39.6 Å². The summed E-state index contributed by atoms with van der Waals surface area (Å²) in [7, 11) is 0. The molecule has 0 atom stereocenters. The molecule has 46 heavy (non-hydrogen) atoms. The topological polar surface area (TPSA) is 17.1 Å². The molecule has 0 fully saturated rings. The van der Waals surface area contributed by atoms with Gasteiger partial charge in [-0.1, -0.05) is 101 Å². The van der Waals surface area contributed by atoms with E-state index in [-0.39, 0.29) is 5.12 Å². The maximum atomic E-state index is 12.0. The predicted molar refractivity (Wildman–Crippen MR) is 203 cm³/mol. The van der Waals surface area contributed by atoms with Gasteiger partial charge in [-0.2, -0.15) is 0 Å². The summed E-state index contributed by atoms with van der Waals surface area (Å²) in [5.74, 6) is 13.9. The number of carbonyl (C=O) groups excluding carboxylic acids is 1. The zero-order chi connectivity index (χ0) is 32.7. The Hall–Kier alpha value is -3.02. The molecule has 0 saturated carbocycles. The average Bonchev–Trinajstić information content (AvgIpc) is 3.61. The zero-order valence-corrected chi connectivity index (χ0v) is 30.8. The quantitative estimate of drug-likeness (QED) is 0.0985. The second-order valence-electron chi connectivity index (χ2n) is 11.9. The van der Waals surface area contributed by atoms with Gasteiger partial charge in [0.2, 0.25) is 0 Å². The second-order valence-corrected chi connectivity index (χ2v) is 15.3. The molecule has 0 bridgehead atoms. The first-order chi connectivity index (χ1) is 22.5. The summed E-state index contributed by atoms with van der Waals surface area (Å²) >= 11 is 4.90. The zero-order valence-electron chi connectivity index (χ0n) is 28.3. The summed E-state index contributed by atoms with van der Waals surface area (Å²) in [6.45, 7) is 10.6. The van der Waals surface area contributed by atoms with Gasteiger partial charge >= 0.3 is 0 Å². The molecule has 1 nitrogen and oxygen atoms in total. The first-order valence-electron chi connectivity index (χ1n) is 17.1. The molecule has 0 radical (unpaired) electrons. The number of rotatable bonds is 14. The summed E-state index contributed by atoms with van der Waals surface area (Å²) in [6.07, 6.45) is 13.8. The van der Waals surface area contributed by atoms with Gasteiger partial charge in [-0.25, -0.2) is 0 Å². The van der Waals surface area contributed by atoms with Crippen molar-refractivity contribution in [2.24, 2.45) is 0 Å². The Morgan fingerprint density at radius 3 is 1.61 bits per heavy atom. The van der Waals surface area contributed by atoms with Crippen molar-refractivity contribution in [3.8, 4) is 34.8 Å².